The Hall–Kier alpha value is -2.73. The molecule has 1 saturated heterocycles. The van der Waals surface area contributed by atoms with Crippen molar-refractivity contribution in [3.63, 3.8) is 0 Å². The number of likely N-dealkylation sites (tertiary alicyclic amines) is 1. The van der Waals surface area contributed by atoms with E-state index in [4.69, 9.17) is 14.8 Å². The molecule has 2 heterocycles. The third-order valence-electron chi connectivity index (χ3n) is 4.73. The Morgan fingerprint density at radius 3 is 2.46 bits per heavy atom. The SMILES string of the molecule is COCC(=O)N1CCC(c2cccc(-c3ccc(C(=O)O)cc3)n2)CC1. The zero-order chi connectivity index (χ0) is 18.5. The van der Waals surface area contributed by atoms with Crippen LogP contribution >= 0.6 is 0 Å². The van der Waals surface area contributed by atoms with Crippen molar-refractivity contribution in [1.29, 1.82) is 0 Å². The summed E-state index contributed by atoms with van der Waals surface area (Å²) < 4.78 is 4.92. The second-order valence-electron chi connectivity index (χ2n) is 6.42. The van der Waals surface area contributed by atoms with Crippen LogP contribution < -0.4 is 0 Å². The molecule has 1 aliphatic rings. The average Bonchev–Trinajstić information content (AvgIpc) is 2.68. The summed E-state index contributed by atoms with van der Waals surface area (Å²) >= 11 is 0. The molecule has 1 aliphatic heterocycles. The molecule has 26 heavy (non-hydrogen) atoms. The van der Waals surface area contributed by atoms with Crippen molar-refractivity contribution in [3.05, 3.63) is 53.7 Å². The first-order valence-electron chi connectivity index (χ1n) is 8.66. The number of hydrogen-bond donors (Lipinski definition) is 1. The van der Waals surface area contributed by atoms with Gasteiger partial charge in [0.2, 0.25) is 5.91 Å². The van der Waals surface area contributed by atoms with Gasteiger partial charge in [-0.2, -0.15) is 0 Å². The largest absolute Gasteiger partial charge is 0.478 e. The molecule has 0 unspecified atom stereocenters. The van der Waals surface area contributed by atoms with Crippen LogP contribution in [0.2, 0.25) is 0 Å². The van der Waals surface area contributed by atoms with E-state index in [1.165, 1.54) is 7.11 Å². The molecule has 0 radical (unpaired) electrons. The minimum Gasteiger partial charge on any atom is -0.478 e. The van der Waals surface area contributed by atoms with Gasteiger partial charge in [-0.1, -0.05) is 18.2 Å². The number of aromatic nitrogens is 1. The first-order chi connectivity index (χ1) is 12.6. The molecule has 1 aromatic heterocycles. The van der Waals surface area contributed by atoms with Gasteiger partial charge in [-0.05, 0) is 37.1 Å². The van der Waals surface area contributed by atoms with Crippen LogP contribution in [0.3, 0.4) is 0 Å². The lowest BCUT2D eigenvalue weighted by molar-refractivity contribution is -0.136. The van der Waals surface area contributed by atoms with Crippen LogP contribution in [0.5, 0.6) is 0 Å². The van der Waals surface area contributed by atoms with E-state index in [-0.39, 0.29) is 18.1 Å². The van der Waals surface area contributed by atoms with Crippen LogP contribution in [0.15, 0.2) is 42.5 Å². The van der Waals surface area contributed by atoms with Gasteiger partial charge in [-0.15, -0.1) is 0 Å². The Morgan fingerprint density at radius 1 is 1.15 bits per heavy atom. The zero-order valence-corrected chi connectivity index (χ0v) is 14.7. The van der Waals surface area contributed by atoms with Crippen molar-refractivity contribution < 1.29 is 19.4 Å². The highest BCUT2D eigenvalue weighted by Gasteiger charge is 2.24. The number of piperidine rings is 1. The highest BCUT2D eigenvalue weighted by atomic mass is 16.5. The van der Waals surface area contributed by atoms with Gasteiger partial charge >= 0.3 is 5.97 Å². The quantitative estimate of drug-likeness (QED) is 0.893. The number of pyridine rings is 1. The number of methoxy groups -OCH3 is 1. The molecule has 1 amide bonds. The summed E-state index contributed by atoms with van der Waals surface area (Å²) in [6.45, 7) is 1.56. The summed E-state index contributed by atoms with van der Waals surface area (Å²) in [5.41, 5.74) is 3.00. The number of carbonyl (C=O) groups is 2. The van der Waals surface area contributed by atoms with Crippen molar-refractivity contribution >= 4 is 11.9 Å². The van der Waals surface area contributed by atoms with Crippen molar-refractivity contribution in [1.82, 2.24) is 9.88 Å². The molecule has 3 rings (SSSR count). The normalized spacial score (nSPS) is 15.0. The van der Waals surface area contributed by atoms with Gasteiger partial charge in [0.25, 0.3) is 0 Å². The van der Waals surface area contributed by atoms with E-state index in [1.807, 2.05) is 23.1 Å². The van der Waals surface area contributed by atoms with Gasteiger partial charge in [0.15, 0.2) is 0 Å². The van der Waals surface area contributed by atoms with Gasteiger partial charge in [0.05, 0.1) is 11.3 Å². The van der Waals surface area contributed by atoms with Crippen LogP contribution in [-0.4, -0.2) is 53.7 Å². The van der Waals surface area contributed by atoms with Gasteiger partial charge in [-0.25, -0.2) is 4.79 Å². The third kappa shape index (κ3) is 4.08. The van der Waals surface area contributed by atoms with Gasteiger partial charge < -0.3 is 14.7 Å². The smallest absolute Gasteiger partial charge is 0.335 e. The molecule has 1 aromatic carbocycles. The number of rotatable bonds is 5. The van der Waals surface area contributed by atoms with E-state index in [0.717, 1.165) is 29.8 Å². The van der Waals surface area contributed by atoms with Crippen LogP contribution in [-0.2, 0) is 9.53 Å². The molecule has 0 bridgehead atoms. The first kappa shape index (κ1) is 18.1. The summed E-state index contributed by atoms with van der Waals surface area (Å²) in [5.74, 6) is -0.584. The Bertz CT molecular complexity index is 781. The lowest BCUT2D eigenvalue weighted by Gasteiger charge is -2.31. The molecule has 0 atom stereocenters. The lowest BCUT2D eigenvalue weighted by atomic mass is 9.92. The topological polar surface area (TPSA) is 79.7 Å². The predicted molar refractivity (Wildman–Crippen MR) is 97.1 cm³/mol. The van der Waals surface area contributed by atoms with Crippen LogP contribution in [0.25, 0.3) is 11.3 Å². The fraction of sp³-hybridized carbons (Fsp3) is 0.350. The van der Waals surface area contributed by atoms with E-state index in [2.05, 4.69) is 0 Å². The Kier molecular flexibility index (Phi) is 5.63. The second-order valence-corrected chi connectivity index (χ2v) is 6.42. The second kappa shape index (κ2) is 8.10. The first-order valence-corrected chi connectivity index (χ1v) is 8.66. The number of amides is 1. The molecule has 6 heteroatoms. The summed E-state index contributed by atoms with van der Waals surface area (Å²) in [5, 5.41) is 9.00. The standard InChI is InChI=1S/C20H22N2O4/c1-26-13-19(23)22-11-9-15(10-12-22)18-4-2-3-17(21-18)14-5-7-16(8-6-14)20(24)25/h2-8,15H,9-13H2,1H3,(H,24,25). The summed E-state index contributed by atoms with van der Waals surface area (Å²) in [4.78, 5) is 29.5. The van der Waals surface area contributed by atoms with Gasteiger partial charge in [0, 0.05) is 37.4 Å². The highest BCUT2D eigenvalue weighted by molar-refractivity contribution is 5.88. The zero-order valence-electron chi connectivity index (χ0n) is 14.7. The Balaban J connectivity index is 1.70. The van der Waals surface area contributed by atoms with Gasteiger partial charge in [0.1, 0.15) is 6.61 Å². The van der Waals surface area contributed by atoms with Crippen LogP contribution in [0, 0.1) is 0 Å². The molecule has 136 valence electrons. The Morgan fingerprint density at radius 2 is 1.85 bits per heavy atom. The molecule has 0 aliphatic carbocycles. The lowest BCUT2D eigenvalue weighted by Crippen LogP contribution is -2.39. The molecule has 1 N–H and O–H groups in total. The maximum Gasteiger partial charge on any atom is 0.335 e. The van der Waals surface area contributed by atoms with Crippen molar-refractivity contribution in [2.24, 2.45) is 0 Å². The fourth-order valence-corrected chi connectivity index (χ4v) is 3.26. The van der Waals surface area contributed by atoms with Crippen LogP contribution in [0.4, 0.5) is 0 Å². The van der Waals surface area contributed by atoms with Crippen molar-refractivity contribution in [2.75, 3.05) is 26.8 Å². The molecule has 2 aromatic rings. The van der Waals surface area contributed by atoms with E-state index in [9.17, 15) is 9.59 Å². The number of carboxylic acids is 1. The number of hydrogen-bond acceptors (Lipinski definition) is 4. The molecular weight excluding hydrogens is 332 g/mol. The fourth-order valence-electron chi connectivity index (χ4n) is 3.26. The van der Waals surface area contributed by atoms with E-state index in [0.29, 0.717) is 19.0 Å². The minimum absolute atomic E-state index is 0.0335. The third-order valence-corrected chi connectivity index (χ3v) is 4.73. The van der Waals surface area contributed by atoms with E-state index in [1.54, 1.807) is 24.3 Å². The predicted octanol–water partition coefficient (Wildman–Crippen LogP) is 2.80. The highest BCUT2D eigenvalue weighted by Crippen LogP contribution is 2.28. The monoisotopic (exact) mass is 354 g/mol. The maximum absolute atomic E-state index is 11.9. The molecule has 6 nitrogen and oxygen atoms in total. The van der Waals surface area contributed by atoms with Gasteiger partial charge in [-0.3, -0.25) is 9.78 Å². The van der Waals surface area contributed by atoms with E-state index < -0.39 is 5.97 Å². The summed E-state index contributed by atoms with van der Waals surface area (Å²) in [7, 11) is 1.53. The average molecular weight is 354 g/mol. The number of nitrogens with zero attached hydrogens (tertiary/aromatic N) is 2. The minimum atomic E-state index is -0.937. The number of aromatic carboxylic acids is 1. The van der Waals surface area contributed by atoms with E-state index >= 15 is 0 Å². The maximum atomic E-state index is 11.9. The number of benzene rings is 1. The molecule has 0 saturated carbocycles. The van der Waals surface area contributed by atoms with Crippen molar-refractivity contribution in [2.45, 2.75) is 18.8 Å². The number of carbonyl (C=O) groups excluding carboxylic acids is 1. The summed E-state index contributed by atoms with van der Waals surface area (Å²) in [6, 6.07) is 12.7. The summed E-state index contributed by atoms with van der Waals surface area (Å²) in [6.07, 6.45) is 1.76. The Labute approximate surface area is 152 Å². The number of ether oxygens (including phenoxy) is 1. The number of carboxylic acid groups (broad SMARTS) is 1. The van der Waals surface area contributed by atoms with Crippen molar-refractivity contribution in [3.8, 4) is 11.3 Å². The molecule has 0 spiro atoms. The van der Waals surface area contributed by atoms with Crippen LogP contribution in [0.1, 0.15) is 34.8 Å². The molecule has 1 fully saturated rings. The molecular formula is C20H22N2O4.